The van der Waals surface area contributed by atoms with Gasteiger partial charge in [-0.25, -0.2) is 14.5 Å². The first kappa shape index (κ1) is 13.1. The number of nitrogen functional groups attached to an aromatic ring is 1. The van der Waals surface area contributed by atoms with Gasteiger partial charge in [0.25, 0.3) is 0 Å². The first-order valence-electron chi connectivity index (χ1n) is 6.56. The van der Waals surface area contributed by atoms with Gasteiger partial charge in [0.1, 0.15) is 0 Å². The van der Waals surface area contributed by atoms with Crippen LogP contribution in [0.2, 0.25) is 0 Å². The summed E-state index contributed by atoms with van der Waals surface area (Å²) in [6.07, 6.45) is 3.23. The average molecular weight is 282 g/mol. The van der Waals surface area contributed by atoms with E-state index in [0.717, 1.165) is 10.9 Å². The van der Waals surface area contributed by atoms with Gasteiger partial charge in [-0.3, -0.25) is 0 Å². The van der Waals surface area contributed by atoms with Crippen molar-refractivity contribution in [2.75, 3.05) is 12.3 Å². The number of rotatable bonds is 3. The number of hydrogen-bond donors (Lipinski definition) is 1. The molecule has 0 atom stereocenters. The van der Waals surface area contributed by atoms with Gasteiger partial charge in [0.15, 0.2) is 5.82 Å². The highest BCUT2D eigenvalue weighted by Crippen LogP contribution is 2.19. The monoisotopic (exact) mass is 282 g/mol. The number of anilines is 1. The number of benzene rings is 1. The molecule has 106 valence electrons. The van der Waals surface area contributed by atoms with Crippen molar-refractivity contribution in [2.45, 2.75) is 6.92 Å². The highest BCUT2D eigenvalue weighted by atomic mass is 16.5. The summed E-state index contributed by atoms with van der Waals surface area (Å²) in [6.45, 7) is 2.10. The van der Waals surface area contributed by atoms with E-state index in [-0.39, 0.29) is 5.97 Å². The molecule has 21 heavy (non-hydrogen) atoms. The SMILES string of the molecule is CCOC(=O)c1ccc(-n2ncc3ccc(N)cc32)nc1. The van der Waals surface area contributed by atoms with Gasteiger partial charge in [0.2, 0.25) is 0 Å². The van der Waals surface area contributed by atoms with Crippen LogP contribution in [-0.4, -0.2) is 27.3 Å². The number of ether oxygens (including phenoxy) is 1. The fourth-order valence-corrected chi connectivity index (χ4v) is 2.06. The van der Waals surface area contributed by atoms with Crippen molar-refractivity contribution in [2.24, 2.45) is 0 Å². The molecule has 0 spiro atoms. The number of carbonyl (C=O) groups is 1. The van der Waals surface area contributed by atoms with E-state index < -0.39 is 0 Å². The topological polar surface area (TPSA) is 83.0 Å². The van der Waals surface area contributed by atoms with Gasteiger partial charge in [-0.05, 0) is 37.3 Å². The Bertz CT molecular complexity index is 793. The zero-order valence-electron chi connectivity index (χ0n) is 11.5. The molecule has 0 aliphatic carbocycles. The van der Waals surface area contributed by atoms with Crippen LogP contribution in [0.25, 0.3) is 16.7 Å². The number of aromatic nitrogens is 3. The van der Waals surface area contributed by atoms with Crippen LogP contribution in [0.1, 0.15) is 17.3 Å². The summed E-state index contributed by atoms with van der Waals surface area (Å²) in [5.41, 5.74) is 7.74. The van der Waals surface area contributed by atoms with Gasteiger partial charge < -0.3 is 10.5 Å². The first-order valence-corrected chi connectivity index (χ1v) is 6.56. The number of fused-ring (bicyclic) bond motifs is 1. The third-order valence-electron chi connectivity index (χ3n) is 3.07. The van der Waals surface area contributed by atoms with Crippen molar-refractivity contribution >= 4 is 22.6 Å². The number of nitrogens with zero attached hydrogens (tertiary/aromatic N) is 3. The van der Waals surface area contributed by atoms with Crippen molar-refractivity contribution in [3.05, 3.63) is 48.3 Å². The molecular formula is C15H14N4O2. The molecule has 0 aliphatic heterocycles. The Morgan fingerprint density at radius 1 is 1.29 bits per heavy atom. The zero-order chi connectivity index (χ0) is 14.8. The molecular weight excluding hydrogens is 268 g/mol. The van der Waals surface area contributed by atoms with Crippen LogP contribution >= 0.6 is 0 Å². The summed E-state index contributed by atoms with van der Waals surface area (Å²) in [7, 11) is 0. The molecule has 6 heteroatoms. The fraction of sp³-hybridized carbons (Fsp3) is 0.133. The maximum Gasteiger partial charge on any atom is 0.339 e. The van der Waals surface area contributed by atoms with E-state index in [0.29, 0.717) is 23.7 Å². The lowest BCUT2D eigenvalue weighted by molar-refractivity contribution is 0.0526. The number of carbonyl (C=O) groups excluding carboxylic acids is 1. The molecule has 6 nitrogen and oxygen atoms in total. The summed E-state index contributed by atoms with van der Waals surface area (Å²) in [5, 5.41) is 5.27. The predicted octanol–water partition coefficient (Wildman–Crippen LogP) is 2.18. The van der Waals surface area contributed by atoms with Gasteiger partial charge in [-0.1, -0.05) is 0 Å². The Morgan fingerprint density at radius 3 is 2.86 bits per heavy atom. The molecule has 0 saturated carbocycles. The molecule has 2 aromatic heterocycles. The second kappa shape index (κ2) is 5.24. The predicted molar refractivity (Wildman–Crippen MR) is 79.2 cm³/mol. The Labute approximate surface area is 121 Å². The van der Waals surface area contributed by atoms with Crippen LogP contribution in [0, 0.1) is 0 Å². The Balaban J connectivity index is 1.99. The zero-order valence-corrected chi connectivity index (χ0v) is 11.5. The number of hydrogen-bond acceptors (Lipinski definition) is 5. The van der Waals surface area contributed by atoms with E-state index in [1.165, 1.54) is 6.20 Å². The molecule has 0 unspecified atom stereocenters. The molecule has 1 aromatic carbocycles. The molecule has 0 amide bonds. The van der Waals surface area contributed by atoms with E-state index in [9.17, 15) is 4.79 Å². The molecule has 0 radical (unpaired) electrons. The summed E-state index contributed by atoms with van der Waals surface area (Å²) in [4.78, 5) is 15.9. The smallest absolute Gasteiger partial charge is 0.339 e. The highest BCUT2D eigenvalue weighted by Gasteiger charge is 2.09. The van der Waals surface area contributed by atoms with Crippen molar-refractivity contribution in [3.8, 4) is 5.82 Å². The third kappa shape index (κ3) is 2.43. The van der Waals surface area contributed by atoms with Gasteiger partial charge in [0, 0.05) is 17.3 Å². The van der Waals surface area contributed by atoms with Crippen LogP contribution in [0.3, 0.4) is 0 Å². The Kier molecular flexibility index (Phi) is 3.27. The number of pyridine rings is 1. The first-order chi connectivity index (χ1) is 10.2. The van der Waals surface area contributed by atoms with E-state index in [1.807, 2.05) is 18.2 Å². The number of nitrogens with two attached hydrogens (primary N) is 1. The van der Waals surface area contributed by atoms with Crippen LogP contribution in [0.15, 0.2) is 42.7 Å². The summed E-state index contributed by atoms with van der Waals surface area (Å²) < 4.78 is 6.61. The van der Waals surface area contributed by atoms with E-state index >= 15 is 0 Å². The van der Waals surface area contributed by atoms with Crippen LogP contribution in [-0.2, 0) is 4.74 Å². The minimum Gasteiger partial charge on any atom is -0.462 e. The van der Waals surface area contributed by atoms with Crippen molar-refractivity contribution in [3.63, 3.8) is 0 Å². The largest absolute Gasteiger partial charge is 0.462 e. The van der Waals surface area contributed by atoms with Crippen LogP contribution in [0.5, 0.6) is 0 Å². The van der Waals surface area contributed by atoms with Crippen LogP contribution in [0.4, 0.5) is 5.69 Å². The summed E-state index contributed by atoms with van der Waals surface area (Å²) in [5.74, 6) is 0.231. The third-order valence-corrected chi connectivity index (χ3v) is 3.07. The minimum atomic E-state index is -0.383. The standard InChI is InChI=1S/C15H14N4O2/c1-2-21-15(20)11-4-6-14(17-8-11)19-13-7-12(16)5-3-10(13)9-18-19/h3-9H,2,16H2,1H3. The van der Waals surface area contributed by atoms with E-state index in [2.05, 4.69) is 10.1 Å². The lowest BCUT2D eigenvalue weighted by Gasteiger charge is -2.05. The lowest BCUT2D eigenvalue weighted by atomic mass is 10.2. The molecule has 3 rings (SSSR count). The van der Waals surface area contributed by atoms with E-state index in [1.54, 1.807) is 29.9 Å². The number of esters is 1. The Morgan fingerprint density at radius 2 is 2.14 bits per heavy atom. The van der Waals surface area contributed by atoms with Gasteiger partial charge in [-0.15, -0.1) is 0 Å². The average Bonchev–Trinajstić information content (AvgIpc) is 2.90. The molecule has 2 N–H and O–H groups in total. The fourth-order valence-electron chi connectivity index (χ4n) is 2.06. The quantitative estimate of drug-likeness (QED) is 0.588. The highest BCUT2D eigenvalue weighted by molar-refractivity contribution is 5.89. The van der Waals surface area contributed by atoms with Gasteiger partial charge in [-0.2, -0.15) is 5.10 Å². The lowest BCUT2D eigenvalue weighted by Crippen LogP contribution is -2.06. The molecule has 2 heterocycles. The normalized spacial score (nSPS) is 10.7. The van der Waals surface area contributed by atoms with Crippen molar-refractivity contribution in [1.29, 1.82) is 0 Å². The second-order valence-electron chi connectivity index (χ2n) is 4.50. The molecule has 3 aromatic rings. The maximum atomic E-state index is 11.6. The Hall–Kier alpha value is -2.89. The molecule has 0 fully saturated rings. The summed E-state index contributed by atoms with van der Waals surface area (Å²) in [6, 6.07) is 8.96. The molecule has 0 bridgehead atoms. The van der Waals surface area contributed by atoms with Crippen LogP contribution < -0.4 is 5.73 Å². The second-order valence-corrected chi connectivity index (χ2v) is 4.50. The molecule has 0 saturated heterocycles. The molecule has 0 aliphatic rings. The van der Waals surface area contributed by atoms with Crippen molar-refractivity contribution in [1.82, 2.24) is 14.8 Å². The van der Waals surface area contributed by atoms with Gasteiger partial charge >= 0.3 is 5.97 Å². The minimum absolute atomic E-state index is 0.337. The maximum absolute atomic E-state index is 11.6. The van der Waals surface area contributed by atoms with Gasteiger partial charge in [0.05, 0.1) is 23.9 Å². The van der Waals surface area contributed by atoms with E-state index in [4.69, 9.17) is 10.5 Å². The summed E-state index contributed by atoms with van der Waals surface area (Å²) >= 11 is 0. The van der Waals surface area contributed by atoms with Crippen molar-refractivity contribution < 1.29 is 9.53 Å².